The highest BCUT2D eigenvalue weighted by atomic mass is 16.8. The third-order valence-electron chi connectivity index (χ3n) is 20.6. The van der Waals surface area contributed by atoms with Crippen LogP contribution in [0.2, 0.25) is 0 Å². The standard InChI is InChI=1S/C52H84O21/c1-47(2)14-16-52(46(65)73-44-39(64)36(61)34(59)28(20-54)69-44)17-15-50(6)23(24(52)18-47)8-9-30-49(5)12-11-31(48(3,4)29(49)10-13-51(30,50)7)70-45-41(72-43-38(63)35(60)33(58)27(19-53)68-43)40(26(56)22-67-45)71-42-37(62)32(57)25(55)21-66-42/h8,24-45,53-64H,9-22H2,1-7H3/t24-,25-,26-,27+,28+,29-,30+,31-,32-,33+,34+,35-,36-,37+,38+,39+,40-,41+,42-,43-,44-,45-,49-,50+,51+,52-/m0/s1. The van der Waals surface area contributed by atoms with Crippen molar-refractivity contribution in [1.82, 2.24) is 0 Å². The first-order valence-corrected chi connectivity index (χ1v) is 26.6. The maximum Gasteiger partial charge on any atom is 0.315 e. The van der Waals surface area contributed by atoms with E-state index in [0.717, 1.165) is 44.9 Å². The Hall–Kier alpha value is -1.55. The van der Waals surface area contributed by atoms with Gasteiger partial charge in [0.1, 0.15) is 85.5 Å². The summed E-state index contributed by atoms with van der Waals surface area (Å²) in [4.78, 5) is 14.8. The molecule has 26 atom stereocenters. The molecule has 9 rings (SSSR count). The molecule has 0 amide bonds. The fraction of sp³-hybridized carbons (Fsp3) is 0.942. The quantitative estimate of drug-likeness (QED) is 0.0727. The Morgan fingerprint density at radius 3 is 1.82 bits per heavy atom. The van der Waals surface area contributed by atoms with E-state index in [1.54, 1.807) is 0 Å². The zero-order chi connectivity index (χ0) is 53.1. The summed E-state index contributed by atoms with van der Waals surface area (Å²) < 4.78 is 48.6. The van der Waals surface area contributed by atoms with Crippen LogP contribution in [0.5, 0.6) is 0 Å². The molecule has 0 spiro atoms. The predicted molar refractivity (Wildman–Crippen MR) is 251 cm³/mol. The van der Waals surface area contributed by atoms with Gasteiger partial charge in [-0.05, 0) is 109 Å². The summed E-state index contributed by atoms with van der Waals surface area (Å²) in [5.41, 5.74) is -0.905. The molecule has 21 nitrogen and oxygen atoms in total. The van der Waals surface area contributed by atoms with Crippen LogP contribution in [0.1, 0.15) is 113 Å². The van der Waals surface area contributed by atoms with E-state index in [9.17, 15) is 66.1 Å². The Morgan fingerprint density at radius 1 is 0.589 bits per heavy atom. The van der Waals surface area contributed by atoms with E-state index >= 15 is 0 Å². The minimum atomic E-state index is -1.84. The van der Waals surface area contributed by atoms with Gasteiger partial charge < -0.3 is 99.2 Å². The molecule has 0 unspecified atom stereocenters. The number of carbonyl (C=O) groups excluding carboxylic acids is 1. The molecule has 21 heteroatoms. The molecule has 4 heterocycles. The Morgan fingerprint density at radius 2 is 1.16 bits per heavy atom. The first kappa shape index (κ1) is 56.2. The summed E-state index contributed by atoms with van der Waals surface area (Å²) in [5, 5.41) is 127. The minimum Gasteiger partial charge on any atom is -0.432 e. The Balaban J connectivity index is 0.971. The van der Waals surface area contributed by atoms with Crippen molar-refractivity contribution >= 4 is 5.97 Å². The molecule has 0 bridgehead atoms. The fourth-order valence-electron chi connectivity index (χ4n) is 16.0. The number of ether oxygens (including phenoxy) is 8. The van der Waals surface area contributed by atoms with Crippen molar-refractivity contribution in [2.75, 3.05) is 26.4 Å². The lowest BCUT2D eigenvalue weighted by atomic mass is 9.33. The van der Waals surface area contributed by atoms with Crippen LogP contribution in [0.15, 0.2) is 11.6 Å². The molecule has 12 N–H and O–H groups in total. The van der Waals surface area contributed by atoms with Crippen molar-refractivity contribution in [3.05, 3.63) is 11.6 Å². The normalized spacial score (nSPS) is 53.7. The first-order chi connectivity index (χ1) is 34.2. The highest BCUT2D eigenvalue weighted by Gasteiger charge is 2.70. The number of fused-ring (bicyclic) bond motifs is 7. The molecule has 4 aliphatic heterocycles. The average Bonchev–Trinajstić information content (AvgIpc) is 3.34. The average molecular weight is 1050 g/mol. The first-order valence-electron chi connectivity index (χ1n) is 26.6. The maximum absolute atomic E-state index is 14.8. The summed E-state index contributed by atoms with van der Waals surface area (Å²) in [6.07, 6.45) is -18.9. The van der Waals surface area contributed by atoms with Gasteiger partial charge in [0.25, 0.3) is 0 Å². The third kappa shape index (κ3) is 9.20. The van der Waals surface area contributed by atoms with Crippen LogP contribution in [0.4, 0.5) is 0 Å². The summed E-state index contributed by atoms with van der Waals surface area (Å²) >= 11 is 0. The van der Waals surface area contributed by atoms with Gasteiger partial charge in [-0.25, -0.2) is 0 Å². The van der Waals surface area contributed by atoms with Crippen molar-refractivity contribution in [1.29, 1.82) is 0 Å². The van der Waals surface area contributed by atoms with Gasteiger partial charge in [-0.15, -0.1) is 0 Å². The molecule has 0 aromatic heterocycles. The van der Waals surface area contributed by atoms with Crippen molar-refractivity contribution in [2.24, 2.45) is 50.2 Å². The molecular weight excluding hydrogens is 961 g/mol. The number of hydrogen-bond donors (Lipinski definition) is 12. The van der Waals surface area contributed by atoms with Crippen LogP contribution in [-0.2, 0) is 42.7 Å². The predicted octanol–water partition coefficient (Wildman–Crippen LogP) is -0.757. The Bertz CT molecular complexity index is 2000. The molecule has 418 valence electrons. The van der Waals surface area contributed by atoms with Gasteiger partial charge >= 0.3 is 5.97 Å². The highest BCUT2D eigenvalue weighted by Crippen LogP contribution is 2.76. The van der Waals surface area contributed by atoms with Gasteiger partial charge in [-0.2, -0.15) is 0 Å². The second-order valence-electron chi connectivity index (χ2n) is 25.4. The summed E-state index contributed by atoms with van der Waals surface area (Å²) in [5.74, 6) is -0.308. The lowest BCUT2D eigenvalue weighted by molar-refractivity contribution is -0.385. The van der Waals surface area contributed by atoms with Crippen molar-refractivity contribution in [3.63, 3.8) is 0 Å². The largest absolute Gasteiger partial charge is 0.432 e. The summed E-state index contributed by atoms with van der Waals surface area (Å²) in [6, 6.07) is 0. The van der Waals surface area contributed by atoms with E-state index in [1.165, 1.54) is 5.57 Å². The number of allylic oxidation sites excluding steroid dienone is 2. The smallest absolute Gasteiger partial charge is 0.315 e. The van der Waals surface area contributed by atoms with Crippen LogP contribution in [0, 0.1) is 50.2 Å². The summed E-state index contributed by atoms with van der Waals surface area (Å²) in [6.45, 7) is 14.0. The molecule has 5 aliphatic carbocycles. The molecule has 4 saturated heterocycles. The zero-order valence-electron chi connectivity index (χ0n) is 43.2. The monoisotopic (exact) mass is 1040 g/mol. The van der Waals surface area contributed by atoms with E-state index in [2.05, 4.69) is 54.5 Å². The molecule has 8 fully saturated rings. The van der Waals surface area contributed by atoms with Gasteiger partial charge in [0.2, 0.25) is 6.29 Å². The van der Waals surface area contributed by atoms with E-state index in [-0.39, 0.29) is 46.0 Å². The maximum atomic E-state index is 14.8. The van der Waals surface area contributed by atoms with Gasteiger partial charge in [0, 0.05) is 0 Å². The molecule has 9 aliphatic rings. The van der Waals surface area contributed by atoms with Crippen LogP contribution in [-0.4, -0.2) is 210 Å². The Kier molecular flexibility index (Phi) is 15.6. The number of hydrogen-bond acceptors (Lipinski definition) is 21. The molecular formula is C52H84O21. The highest BCUT2D eigenvalue weighted by molar-refractivity contribution is 5.79. The zero-order valence-corrected chi connectivity index (χ0v) is 43.2. The third-order valence-corrected chi connectivity index (χ3v) is 20.6. The van der Waals surface area contributed by atoms with Crippen molar-refractivity contribution in [3.8, 4) is 0 Å². The van der Waals surface area contributed by atoms with Crippen molar-refractivity contribution in [2.45, 2.75) is 229 Å². The second kappa shape index (κ2) is 20.3. The molecule has 0 aromatic carbocycles. The SMILES string of the molecule is CC1(C)CC[C@]2(C(=O)O[C@@H]3O[C@H](CO)[C@@H](O)[C@H](O)[C@H]3O)CC[C@]3(C)C(=CC[C@@H]4[C@@]5(C)CC[C@H](O[C@@H]6OC[C@H](O)[C@H](O[C@@H]7OC[C@H](O)[C@H](O)[C@H]7O)[C@H]6O[C@@H]6O[C@H](CO)[C@@H](O)[C@H](O)[C@H]6O)C(C)(C)[C@@H]5CC[C@]43C)[C@@H]2C1. The minimum absolute atomic E-state index is 0.0808. The van der Waals surface area contributed by atoms with Crippen LogP contribution in [0.25, 0.3) is 0 Å². The van der Waals surface area contributed by atoms with E-state index in [4.69, 9.17) is 37.9 Å². The topological polar surface area (TPSA) is 334 Å². The molecule has 0 radical (unpaired) electrons. The number of aliphatic hydroxyl groups excluding tert-OH is 12. The number of aliphatic hydroxyl groups is 12. The summed E-state index contributed by atoms with van der Waals surface area (Å²) in [7, 11) is 0. The van der Waals surface area contributed by atoms with Crippen molar-refractivity contribution < 1.29 is 104 Å². The van der Waals surface area contributed by atoms with Crippen LogP contribution >= 0.6 is 0 Å². The van der Waals surface area contributed by atoms with E-state index < -0.39 is 153 Å². The van der Waals surface area contributed by atoms with Gasteiger partial charge in [-0.1, -0.05) is 60.1 Å². The van der Waals surface area contributed by atoms with Crippen LogP contribution < -0.4 is 0 Å². The van der Waals surface area contributed by atoms with E-state index in [1.807, 2.05) is 0 Å². The molecule has 73 heavy (non-hydrogen) atoms. The molecule has 0 aromatic rings. The lowest BCUT2D eigenvalue weighted by Gasteiger charge is -2.71. The van der Waals surface area contributed by atoms with Gasteiger partial charge in [0.15, 0.2) is 18.9 Å². The van der Waals surface area contributed by atoms with E-state index in [0.29, 0.717) is 19.3 Å². The number of esters is 1. The second-order valence-corrected chi connectivity index (χ2v) is 25.4. The van der Waals surface area contributed by atoms with Gasteiger partial charge in [-0.3, -0.25) is 4.79 Å². The Labute approximate surface area is 426 Å². The van der Waals surface area contributed by atoms with Crippen LogP contribution in [0.3, 0.4) is 0 Å². The fourth-order valence-corrected chi connectivity index (χ4v) is 16.0. The van der Waals surface area contributed by atoms with Gasteiger partial charge in [0.05, 0.1) is 37.9 Å². The number of carbonyl (C=O) groups is 1. The number of rotatable bonds is 10. The molecule has 4 saturated carbocycles. The lowest BCUT2D eigenvalue weighted by Crippen LogP contribution is -2.67.